The van der Waals surface area contributed by atoms with Gasteiger partial charge < -0.3 is 9.57 Å². The number of methoxy groups -OCH3 is 1. The van der Waals surface area contributed by atoms with Gasteiger partial charge in [0.15, 0.2) is 0 Å². The Morgan fingerprint density at radius 3 is 2.50 bits per heavy atom. The molecule has 1 aliphatic rings. The highest BCUT2D eigenvalue weighted by Crippen LogP contribution is 2.24. The highest BCUT2D eigenvalue weighted by Gasteiger charge is 2.17. The van der Waals surface area contributed by atoms with E-state index in [9.17, 15) is 4.79 Å². The Bertz CT molecular complexity index is 761. The van der Waals surface area contributed by atoms with Gasteiger partial charge in [-0.25, -0.2) is 4.79 Å². The summed E-state index contributed by atoms with van der Waals surface area (Å²) >= 11 is 0. The van der Waals surface area contributed by atoms with Gasteiger partial charge in [-0.2, -0.15) is 0 Å². The van der Waals surface area contributed by atoms with Gasteiger partial charge in [0.1, 0.15) is 5.75 Å². The monoisotopic (exact) mass is 321 g/mol. The number of ether oxygens (including phenoxy) is 1. The highest BCUT2D eigenvalue weighted by molar-refractivity contribution is 6.05. The van der Waals surface area contributed by atoms with Crippen LogP contribution >= 0.6 is 0 Å². The summed E-state index contributed by atoms with van der Waals surface area (Å²) < 4.78 is 5.07. The maximum absolute atomic E-state index is 12.1. The molecule has 4 heteroatoms. The van der Waals surface area contributed by atoms with Gasteiger partial charge in [-0.05, 0) is 60.7 Å². The number of allylic oxidation sites excluding steroid dienone is 1. The number of rotatable bonds is 4. The van der Waals surface area contributed by atoms with Crippen molar-refractivity contribution >= 4 is 17.8 Å². The summed E-state index contributed by atoms with van der Waals surface area (Å²) in [5, 5.41) is 4.09. The first-order valence-electron chi connectivity index (χ1n) is 7.94. The summed E-state index contributed by atoms with van der Waals surface area (Å²) in [6, 6.07) is 16.9. The number of carbonyl (C=O) groups is 1. The maximum atomic E-state index is 12.1. The minimum absolute atomic E-state index is 0.451. The molecule has 0 atom stereocenters. The topological polar surface area (TPSA) is 47.9 Å². The Morgan fingerprint density at radius 2 is 1.79 bits per heavy atom. The Kier molecular flexibility index (Phi) is 5.06. The smallest absolute Gasteiger partial charge is 0.365 e. The van der Waals surface area contributed by atoms with Crippen LogP contribution in [0.25, 0.3) is 6.08 Å². The number of hydrogen-bond donors (Lipinski definition) is 0. The number of nitrogens with zero attached hydrogens (tertiary/aromatic N) is 1. The molecule has 24 heavy (non-hydrogen) atoms. The van der Waals surface area contributed by atoms with Gasteiger partial charge in [0, 0.05) is 0 Å². The summed E-state index contributed by atoms with van der Waals surface area (Å²) in [7, 11) is 1.58. The highest BCUT2D eigenvalue weighted by atomic mass is 16.7. The fraction of sp³-hybridized carbons (Fsp3) is 0.200. The Hall–Kier alpha value is -2.88. The van der Waals surface area contributed by atoms with E-state index < -0.39 is 5.97 Å². The lowest BCUT2D eigenvalue weighted by Crippen LogP contribution is -2.04. The summed E-state index contributed by atoms with van der Waals surface area (Å²) in [4.78, 5) is 17.2. The van der Waals surface area contributed by atoms with Crippen LogP contribution in [0.4, 0.5) is 0 Å². The third-order valence-electron chi connectivity index (χ3n) is 3.94. The van der Waals surface area contributed by atoms with E-state index in [-0.39, 0.29) is 0 Å². The van der Waals surface area contributed by atoms with Gasteiger partial charge >= 0.3 is 5.97 Å². The van der Waals surface area contributed by atoms with E-state index in [1.54, 1.807) is 31.4 Å². The predicted molar refractivity (Wildman–Crippen MR) is 94.1 cm³/mol. The first-order chi connectivity index (χ1) is 11.8. The lowest BCUT2D eigenvalue weighted by atomic mass is 10.1. The van der Waals surface area contributed by atoms with Crippen LogP contribution in [-0.2, 0) is 4.84 Å². The molecule has 0 spiro atoms. The van der Waals surface area contributed by atoms with E-state index in [0.29, 0.717) is 11.3 Å². The number of hydrogen-bond acceptors (Lipinski definition) is 4. The van der Waals surface area contributed by atoms with Crippen LogP contribution in [0.3, 0.4) is 0 Å². The zero-order valence-electron chi connectivity index (χ0n) is 13.6. The largest absolute Gasteiger partial charge is 0.497 e. The minimum Gasteiger partial charge on any atom is -0.497 e. The fourth-order valence-corrected chi connectivity index (χ4v) is 2.64. The normalized spacial score (nSPS) is 17.2. The van der Waals surface area contributed by atoms with Crippen molar-refractivity contribution < 1.29 is 14.4 Å². The first-order valence-corrected chi connectivity index (χ1v) is 7.94. The molecular formula is C20H19NO3. The summed E-state index contributed by atoms with van der Waals surface area (Å²) in [5.74, 6) is 0.234. The van der Waals surface area contributed by atoms with Crippen molar-refractivity contribution in [3.8, 4) is 5.75 Å². The van der Waals surface area contributed by atoms with Crippen LogP contribution in [0.2, 0.25) is 0 Å². The molecule has 2 aromatic carbocycles. The van der Waals surface area contributed by atoms with Crippen LogP contribution < -0.4 is 4.74 Å². The van der Waals surface area contributed by atoms with Crippen LogP contribution in [0.15, 0.2) is 65.3 Å². The Morgan fingerprint density at radius 1 is 1.04 bits per heavy atom. The maximum Gasteiger partial charge on any atom is 0.365 e. The average molecular weight is 321 g/mol. The molecule has 122 valence electrons. The van der Waals surface area contributed by atoms with Gasteiger partial charge in [0.25, 0.3) is 0 Å². The van der Waals surface area contributed by atoms with Gasteiger partial charge in [0.05, 0.1) is 18.4 Å². The molecule has 1 saturated carbocycles. The molecular weight excluding hydrogens is 302 g/mol. The van der Waals surface area contributed by atoms with E-state index in [2.05, 4.69) is 11.2 Å². The third kappa shape index (κ3) is 3.90. The van der Waals surface area contributed by atoms with Crippen molar-refractivity contribution in [1.82, 2.24) is 0 Å². The average Bonchev–Trinajstić information content (AvgIpc) is 3.07. The summed E-state index contributed by atoms with van der Waals surface area (Å²) in [6.45, 7) is 0. The number of carbonyl (C=O) groups excluding carboxylic acids is 1. The molecule has 0 bridgehead atoms. The summed E-state index contributed by atoms with van der Waals surface area (Å²) in [5.41, 5.74) is 3.56. The van der Waals surface area contributed by atoms with Crippen molar-refractivity contribution in [2.45, 2.75) is 19.3 Å². The van der Waals surface area contributed by atoms with Crippen molar-refractivity contribution in [2.24, 2.45) is 5.16 Å². The molecule has 0 saturated heterocycles. The molecule has 0 unspecified atom stereocenters. The second-order valence-corrected chi connectivity index (χ2v) is 5.58. The lowest BCUT2D eigenvalue weighted by Gasteiger charge is -2.03. The first kappa shape index (κ1) is 16.0. The zero-order valence-corrected chi connectivity index (χ0v) is 13.6. The van der Waals surface area contributed by atoms with Gasteiger partial charge in [-0.3, -0.25) is 0 Å². The Labute approximate surface area is 141 Å². The second-order valence-electron chi connectivity index (χ2n) is 5.58. The van der Waals surface area contributed by atoms with E-state index in [1.165, 1.54) is 0 Å². The second kappa shape index (κ2) is 7.59. The molecule has 1 aliphatic carbocycles. The molecule has 0 amide bonds. The van der Waals surface area contributed by atoms with Gasteiger partial charge in [-0.1, -0.05) is 35.5 Å². The molecule has 3 rings (SSSR count). The molecule has 4 nitrogen and oxygen atoms in total. The van der Waals surface area contributed by atoms with Crippen molar-refractivity contribution in [3.05, 3.63) is 71.3 Å². The quantitative estimate of drug-likeness (QED) is 0.616. The van der Waals surface area contributed by atoms with Crippen LogP contribution in [0.5, 0.6) is 5.75 Å². The molecule has 0 aromatic heterocycles. The molecule has 0 aliphatic heterocycles. The van der Waals surface area contributed by atoms with Gasteiger partial charge in [0.2, 0.25) is 0 Å². The van der Waals surface area contributed by atoms with Crippen molar-refractivity contribution in [3.63, 3.8) is 0 Å². The molecule has 0 N–H and O–H groups in total. The zero-order chi connectivity index (χ0) is 16.8. The molecule has 1 fully saturated rings. The van der Waals surface area contributed by atoms with Crippen LogP contribution in [0, 0.1) is 0 Å². The van der Waals surface area contributed by atoms with E-state index >= 15 is 0 Å². The van der Waals surface area contributed by atoms with Crippen molar-refractivity contribution in [2.75, 3.05) is 7.11 Å². The van der Waals surface area contributed by atoms with Crippen LogP contribution in [-0.4, -0.2) is 18.8 Å². The van der Waals surface area contributed by atoms with E-state index in [0.717, 1.165) is 36.1 Å². The van der Waals surface area contributed by atoms with E-state index in [1.807, 2.05) is 30.3 Å². The Balaban J connectivity index is 1.70. The minimum atomic E-state index is -0.462. The number of benzene rings is 2. The van der Waals surface area contributed by atoms with Crippen molar-refractivity contribution in [1.29, 1.82) is 0 Å². The third-order valence-corrected chi connectivity index (χ3v) is 3.94. The lowest BCUT2D eigenvalue weighted by molar-refractivity contribution is 0.0516. The molecule has 2 aromatic rings. The van der Waals surface area contributed by atoms with Gasteiger partial charge in [-0.15, -0.1) is 0 Å². The SMILES string of the molecule is COc1ccc(C(=O)O/N=C2/CCC/C2=C\c2ccccc2)cc1. The number of oxime groups is 1. The molecule has 0 radical (unpaired) electrons. The fourth-order valence-electron chi connectivity index (χ4n) is 2.64. The van der Waals surface area contributed by atoms with E-state index in [4.69, 9.17) is 9.57 Å². The van der Waals surface area contributed by atoms with Crippen LogP contribution in [0.1, 0.15) is 35.2 Å². The predicted octanol–water partition coefficient (Wildman–Crippen LogP) is 4.48. The molecule has 0 heterocycles. The standard InChI is InChI=1S/C20H19NO3/c1-23-18-12-10-16(11-13-18)20(22)24-21-19-9-5-8-17(19)14-15-6-3-2-4-7-15/h2-4,6-7,10-14H,5,8-9H2,1H3/b17-14+,21-19-. The summed E-state index contributed by atoms with van der Waals surface area (Å²) in [6.07, 6.45) is 4.91.